The van der Waals surface area contributed by atoms with E-state index >= 15 is 0 Å². The number of nitrogens with zero attached hydrogens (tertiary/aromatic N) is 1. The van der Waals surface area contributed by atoms with Gasteiger partial charge in [0.1, 0.15) is 0 Å². The van der Waals surface area contributed by atoms with Crippen molar-refractivity contribution in [2.24, 2.45) is 0 Å². The van der Waals surface area contributed by atoms with Crippen LogP contribution in [0.3, 0.4) is 0 Å². The van der Waals surface area contributed by atoms with Crippen LogP contribution < -0.4 is 4.90 Å². The van der Waals surface area contributed by atoms with Crippen LogP contribution >= 0.6 is 0 Å². The van der Waals surface area contributed by atoms with Crippen molar-refractivity contribution in [2.75, 3.05) is 4.90 Å². The highest BCUT2D eigenvalue weighted by Crippen LogP contribution is 2.44. The fraction of sp³-hybridized carbons (Fsp3) is 0. The summed E-state index contributed by atoms with van der Waals surface area (Å²) in [5.74, 6) is 0. The summed E-state index contributed by atoms with van der Waals surface area (Å²) in [5.41, 5.74) is 10.8. The van der Waals surface area contributed by atoms with Crippen LogP contribution in [0.2, 0.25) is 0 Å². The highest BCUT2D eigenvalue weighted by atomic mass is 15.1. The van der Waals surface area contributed by atoms with Crippen molar-refractivity contribution in [3.05, 3.63) is 188 Å². The summed E-state index contributed by atoms with van der Waals surface area (Å²) in [6, 6.07) is 67.6. The van der Waals surface area contributed by atoms with Gasteiger partial charge in [-0.25, -0.2) is 0 Å². The minimum absolute atomic E-state index is 1.12. The van der Waals surface area contributed by atoms with Crippen LogP contribution in [-0.4, -0.2) is 0 Å². The van der Waals surface area contributed by atoms with Crippen molar-refractivity contribution in [3.8, 4) is 33.4 Å². The first-order valence-corrected chi connectivity index (χ1v) is 15.5. The van der Waals surface area contributed by atoms with Crippen molar-refractivity contribution in [1.29, 1.82) is 0 Å². The maximum atomic E-state index is 2.41. The molecule has 0 atom stereocenters. The first kappa shape index (κ1) is 26.7. The van der Waals surface area contributed by atoms with Gasteiger partial charge in [-0.1, -0.05) is 164 Å². The lowest BCUT2D eigenvalue weighted by molar-refractivity contribution is 1.31. The van der Waals surface area contributed by atoms with Gasteiger partial charge < -0.3 is 4.90 Å². The van der Waals surface area contributed by atoms with Gasteiger partial charge >= 0.3 is 0 Å². The molecule has 0 amide bonds. The van der Waals surface area contributed by atoms with Crippen molar-refractivity contribution < 1.29 is 0 Å². The second-order valence-corrected chi connectivity index (χ2v) is 11.3. The van der Waals surface area contributed by atoms with Crippen LogP contribution in [-0.2, 0) is 0 Å². The summed E-state index contributed by atoms with van der Waals surface area (Å²) >= 11 is 0. The molecule has 0 aliphatic rings. The van der Waals surface area contributed by atoms with Gasteiger partial charge in [0.25, 0.3) is 0 Å². The van der Waals surface area contributed by atoms with Gasteiger partial charge in [0.15, 0.2) is 0 Å². The standard InChI is InChI=1S/C44H31N/c1-3-14-34(15-4-1)40-24-13-25-41(44(40)36-18-5-2-6-19-36)35-28-30-37(31-29-35)45(42-26-11-20-32-16-7-9-22-38(32)42)43-27-12-21-33-17-8-10-23-39(33)43/h1-31H. The van der Waals surface area contributed by atoms with E-state index in [0.29, 0.717) is 0 Å². The molecule has 8 rings (SSSR count). The van der Waals surface area contributed by atoms with E-state index in [0.717, 1.165) is 17.1 Å². The molecule has 0 saturated heterocycles. The van der Waals surface area contributed by atoms with Crippen LogP contribution in [0, 0.1) is 0 Å². The Labute approximate surface area is 264 Å². The molecule has 8 aromatic rings. The molecule has 0 N–H and O–H groups in total. The van der Waals surface area contributed by atoms with E-state index in [2.05, 4.69) is 193 Å². The Morgan fingerprint density at radius 1 is 0.289 bits per heavy atom. The van der Waals surface area contributed by atoms with Crippen LogP contribution in [0.5, 0.6) is 0 Å². The van der Waals surface area contributed by atoms with E-state index in [1.54, 1.807) is 0 Å². The summed E-state index contributed by atoms with van der Waals surface area (Å²) in [5, 5.41) is 4.89. The first-order chi connectivity index (χ1) is 22.3. The highest BCUT2D eigenvalue weighted by Gasteiger charge is 2.19. The molecule has 212 valence electrons. The molecule has 0 aliphatic carbocycles. The van der Waals surface area contributed by atoms with Gasteiger partial charge in [0.05, 0.1) is 11.4 Å². The second kappa shape index (κ2) is 11.6. The fourth-order valence-electron chi connectivity index (χ4n) is 6.57. The van der Waals surface area contributed by atoms with Crippen LogP contribution in [0.15, 0.2) is 188 Å². The van der Waals surface area contributed by atoms with Crippen molar-refractivity contribution in [1.82, 2.24) is 0 Å². The molecule has 0 spiro atoms. The highest BCUT2D eigenvalue weighted by molar-refractivity contribution is 6.05. The van der Waals surface area contributed by atoms with Crippen molar-refractivity contribution >= 4 is 38.6 Å². The van der Waals surface area contributed by atoms with E-state index in [-0.39, 0.29) is 0 Å². The van der Waals surface area contributed by atoms with Crippen LogP contribution in [0.4, 0.5) is 17.1 Å². The van der Waals surface area contributed by atoms with Gasteiger partial charge in [0.2, 0.25) is 0 Å². The number of anilines is 3. The van der Waals surface area contributed by atoms with E-state index in [9.17, 15) is 0 Å². The first-order valence-electron chi connectivity index (χ1n) is 15.5. The Hall–Kier alpha value is -5.92. The summed E-state index contributed by atoms with van der Waals surface area (Å²) < 4.78 is 0. The molecule has 0 saturated carbocycles. The molecular formula is C44H31N. The zero-order valence-corrected chi connectivity index (χ0v) is 24.8. The average Bonchev–Trinajstić information content (AvgIpc) is 3.13. The van der Waals surface area contributed by atoms with E-state index in [1.165, 1.54) is 54.9 Å². The fourth-order valence-corrected chi connectivity index (χ4v) is 6.57. The third kappa shape index (κ3) is 4.95. The smallest absolute Gasteiger partial charge is 0.0540 e. The molecule has 1 heteroatoms. The Morgan fingerprint density at radius 3 is 1.27 bits per heavy atom. The van der Waals surface area contributed by atoms with Gasteiger partial charge in [-0.2, -0.15) is 0 Å². The maximum Gasteiger partial charge on any atom is 0.0540 e. The number of hydrogen-bond acceptors (Lipinski definition) is 1. The number of benzene rings is 8. The largest absolute Gasteiger partial charge is 0.309 e. The number of fused-ring (bicyclic) bond motifs is 2. The minimum Gasteiger partial charge on any atom is -0.309 e. The van der Waals surface area contributed by atoms with E-state index < -0.39 is 0 Å². The SMILES string of the molecule is c1ccc(-c2cccc(-c3ccc(N(c4cccc5ccccc45)c4cccc5ccccc45)cc3)c2-c2ccccc2)cc1. The Bertz CT molecular complexity index is 2160. The second-order valence-electron chi connectivity index (χ2n) is 11.3. The minimum atomic E-state index is 1.12. The Morgan fingerprint density at radius 2 is 0.711 bits per heavy atom. The zero-order chi connectivity index (χ0) is 30.0. The van der Waals surface area contributed by atoms with Gasteiger partial charge in [-0.3, -0.25) is 0 Å². The van der Waals surface area contributed by atoms with Gasteiger partial charge in [-0.05, 0) is 68.4 Å². The quantitative estimate of drug-likeness (QED) is 0.191. The third-order valence-electron chi connectivity index (χ3n) is 8.66. The van der Waals surface area contributed by atoms with Crippen molar-refractivity contribution in [2.45, 2.75) is 0 Å². The lowest BCUT2D eigenvalue weighted by Crippen LogP contribution is -2.11. The molecule has 1 nitrogen and oxygen atoms in total. The summed E-state index contributed by atoms with van der Waals surface area (Å²) in [4.78, 5) is 2.41. The lowest BCUT2D eigenvalue weighted by atomic mass is 9.87. The van der Waals surface area contributed by atoms with Crippen LogP contribution in [0.1, 0.15) is 0 Å². The van der Waals surface area contributed by atoms with Crippen LogP contribution in [0.25, 0.3) is 54.9 Å². The normalized spacial score (nSPS) is 11.1. The predicted molar refractivity (Wildman–Crippen MR) is 192 cm³/mol. The molecule has 0 aromatic heterocycles. The lowest BCUT2D eigenvalue weighted by Gasteiger charge is -2.28. The maximum absolute atomic E-state index is 2.41. The number of rotatable bonds is 6. The van der Waals surface area contributed by atoms with Gasteiger partial charge in [-0.15, -0.1) is 0 Å². The molecule has 0 heterocycles. The monoisotopic (exact) mass is 573 g/mol. The third-order valence-corrected chi connectivity index (χ3v) is 8.66. The van der Waals surface area contributed by atoms with Crippen molar-refractivity contribution in [3.63, 3.8) is 0 Å². The van der Waals surface area contributed by atoms with Gasteiger partial charge in [0, 0.05) is 16.5 Å². The molecular weight excluding hydrogens is 542 g/mol. The summed E-state index contributed by atoms with van der Waals surface area (Å²) in [7, 11) is 0. The molecule has 45 heavy (non-hydrogen) atoms. The Balaban J connectivity index is 1.32. The molecule has 0 aliphatic heterocycles. The number of hydrogen-bond donors (Lipinski definition) is 0. The Kier molecular flexibility index (Phi) is 6.90. The van der Waals surface area contributed by atoms with E-state index in [1.807, 2.05) is 0 Å². The molecule has 0 bridgehead atoms. The molecule has 0 fully saturated rings. The zero-order valence-electron chi connectivity index (χ0n) is 24.8. The topological polar surface area (TPSA) is 3.24 Å². The molecule has 8 aromatic carbocycles. The average molecular weight is 574 g/mol. The molecule has 0 unspecified atom stereocenters. The van der Waals surface area contributed by atoms with E-state index in [4.69, 9.17) is 0 Å². The summed E-state index contributed by atoms with van der Waals surface area (Å²) in [6.45, 7) is 0. The molecule has 0 radical (unpaired) electrons. The summed E-state index contributed by atoms with van der Waals surface area (Å²) in [6.07, 6.45) is 0. The predicted octanol–water partition coefficient (Wildman–Crippen LogP) is 12.5.